The molecule has 2 aliphatic rings. The summed E-state index contributed by atoms with van der Waals surface area (Å²) in [5, 5.41) is 9.64. The van der Waals surface area contributed by atoms with Crippen LogP contribution in [0.4, 0.5) is 0 Å². The van der Waals surface area contributed by atoms with Crippen LogP contribution in [0.25, 0.3) is 0 Å². The van der Waals surface area contributed by atoms with Crippen molar-refractivity contribution in [2.45, 2.75) is 25.3 Å². The number of carbonyl (C=O) groups is 1. The smallest absolute Gasteiger partial charge is 0.325 e. The van der Waals surface area contributed by atoms with E-state index in [-0.39, 0.29) is 0 Å². The van der Waals surface area contributed by atoms with Gasteiger partial charge in [0, 0.05) is 26.2 Å². The average molecular weight is 274 g/mol. The van der Waals surface area contributed by atoms with E-state index in [1.165, 1.54) is 17.5 Å². The Morgan fingerprint density at radius 1 is 1.15 bits per heavy atom. The van der Waals surface area contributed by atoms with Crippen molar-refractivity contribution in [2.24, 2.45) is 0 Å². The zero-order valence-electron chi connectivity index (χ0n) is 12.0. The van der Waals surface area contributed by atoms with Crippen LogP contribution < -0.4 is 0 Å². The maximum Gasteiger partial charge on any atom is 0.325 e. The summed E-state index contributed by atoms with van der Waals surface area (Å²) in [6, 6.07) is 5.78. The molecular weight excluding hydrogens is 252 g/mol. The quantitative estimate of drug-likeness (QED) is 0.908. The predicted octanol–water partition coefficient (Wildman–Crippen LogP) is 1.55. The lowest BCUT2D eigenvalue weighted by atomic mass is 9.99. The molecule has 1 N–H and O–H groups in total. The summed E-state index contributed by atoms with van der Waals surface area (Å²) >= 11 is 0. The lowest BCUT2D eigenvalue weighted by Crippen LogP contribution is -2.47. The maximum atomic E-state index is 11.7. The van der Waals surface area contributed by atoms with Gasteiger partial charge >= 0.3 is 5.97 Å². The molecule has 1 aliphatic carbocycles. The number of aryl methyl sites for hydroxylation is 2. The van der Waals surface area contributed by atoms with Gasteiger partial charge < -0.3 is 10.0 Å². The SMILES string of the molecule is CN1CCN(C(C(=O)O)c2ccc3c(c2)CCC3)CC1. The van der Waals surface area contributed by atoms with Crippen molar-refractivity contribution in [1.82, 2.24) is 9.80 Å². The number of carboxylic acids is 1. The van der Waals surface area contributed by atoms with E-state index in [0.29, 0.717) is 0 Å². The number of hydrogen-bond donors (Lipinski definition) is 1. The lowest BCUT2D eigenvalue weighted by molar-refractivity contribution is -0.144. The monoisotopic (exact) mass is 274 g/mol. The topological polar surface area (TPSA) is 43.8 Å². The highest BCUT2D eigenvalue weighted by atomic mass is 16.4. The van der Waals surface area contributed by atoms with E-state index in [2.05, 4.69) is 29.0 Å². The van der Waals surface area contributed by atoms with Crippen molar-refractivity contribution in [3.63, 3.8) is 0 Å². The largest absolute Gasteiger partial charge is 0.480 e. The molecule has 1 fully saturated rings. The molecule has 0 radical (unpaired) electrons. The first-order valence-electron chi connectivity index (χ1n) is 7.42. The van der Waals surface area contributed by atoms with E-state index in [1.54, 1.807) is 0 Å². The molecule has 1 atom stereocenters. The van der Waals surface area contributed by atoms with E-state index in [9.17, 15) is 9.90 Å². The lowest BCUT2D eigenvalue weighted by Gasteiger charge is -2.36. The minimum absolute atomic E-state index is 0.491. The van der Waals surface area contributed by atoms with Gasteiger partial charge in [0.25, 0.3) is 0 Å². The molecule has 0 saturated carbocycles. The van der Waals surface area contributed by atoms with E-state index in [4.69, 9.17) is 0 Å². The zero-order valence-corrected chi connectivity index (χ0v) is 12.0. The van der Waals surface area contributed by atoms with Gasteiger partial charge in [0.1, 0.15) is 6.04 Å². The maximum absolute atomic E-state index is 11.7. The average Bonchev–Trinajstić information content (AvgIpc) is 2.88. The number of carboxylic acid groups (broad SMARTS) is 1. The first-order valence-corrected chi connectivity index (χ1v) is 7.42. The van der Waals surface area contributed by atoms with Crippen LogP contribution in [0.2, 0.25) is 0 Å². The molecular formula is C16H22N2O2. The van der Waals surface area contributed by atoms with Gasteiger partial charge in [0.2, 0.25) is 0 Å². The molecule has 1 aromatic carbocycles. The Balaban J connectivity index is 1.85. The fourth-order valence-corrected chi connectivity index (χ4v) is 3.35. The minimum Gasteiger partial charge on any atom is -0.480 e. The van der Waals surface area contributed by atoms with Gasteiger partial charge in [-0.05, 0) is 43.0 Å². The molecule has 1 aromatic rings. The van der Waals surface area contributed by atoms with Gasteiger partial charge in [-0.3, -0.25) is 9.69 Å². The molecule has 108 valence electrons. The summed E-state index contributed by atoms with van der Waals surface area (Å²) in [5.41, 5.74) is 3.70. The van der Waals surface area contributed by atoms with Crippen LogP contribution in [-0.2, 0) is 17.6 Å². The van der Waals surface area contributed by atoms with Crippen LogP contribution in [0.15, 0.2) is 18.2 Å². The molecule has 3 rings (SSSR count). The van der Waals surface area contributed by atoms with Gasteiger partial charge in [0.15, 0.2) is 0 Å². The summed E-state index contributed by atoms with van der Waals surface area (Å²) < 4.78 is 0. The van der Waals surface area contributed by atoms with Crippen molar-refractivity contribution in [1.29, 1.82) is 0 Å². The highest BCUT2D eigenvalue weighted by molar-refractivity contribution is 5.75. The molecule has 4 nitrogen and oxygen atoms in total. The Hall–Kier alpha value is -1.39. The van der Waals surface area contributed by atoms with Gasteiger partial charge in [0.05, 0.1) is 0 Å². The van der Waals surface area contributed by atoms with Crippen LogP contribution in [-0.4, -0.2) is 54.1 Å². The van der Waals surface area contributed by atoms with Crippen molar-refractivity contribution >= 4 is 5.97 Å². The number of likely N-dealkylation sites (N-methyl/N-ethyl adjacent to an activating group) is 1. The molecule has 0 amide bonds. The Labute approximate surface area is 120 Å². The zero-order chi connectivity index (χ0) is 14.1. The number of rotatable bonds is 3. The number of nitrogens with zero attached hydrogens (tertiary/aromatic N) is 2. The molecule has 1 aliphatic heterocycles. The number of fused-ring (bicyclic) bond motifs is 1. The number of piperazine rings is 1. The highest BCUT2D eigenvalue weighted by Gasteiger charge is 2.30. The molecule has 1 saturated heterocycles. The van der Waals surface area contributed by atoms with Crippen molar-refractivity contribution in [3.05, 3.63) is 34.9 Å². The molecule has 0 bridgehead atoms. The van der Waals surface area contributed by atoms with E-state index in [1.807, 2.05) is 6.07 Å². The third-order valence-corrected chi connectivity index (χ3v) is 4.58. The molecule has 1 unspecified atom stereocenters. The Bertz CT molecular complexity index is 507. The predicted molar refractivity (Wildman–Crippen MR) is 77.9 cm³/mol. The third kappa shape index (κ3) is 2.58. The molecule has 4 heteroatoms. The molecule has 20 heavy (non-hydrogen) atoms. The first-order chi connectivity index (χ1) is 9.65. The second-order valence-electron chi connectivity index (χ2n) is 5.96. The number of benzene rings is 1. The Kier molecular flexibility index (Phi) is 3.76. The van der Waals surface area contributed by atoms with Gasteiger partial charge in [-0.25, -0.2) is 0 Å². The molecule has 1 heterocycles. The second-order valence-corrected chi connectivity index (χ2v) is 5.96. The van der Waals surface area contributed by atoms with Gasteiger partial charge in [-0.1, -0.05) is 18.2 Å². The van der Waals surface area contributed by atoms with Crippen molar-refractivity contribution in [3.8, 4) is 0 Å². The molecule has 0 aromatic heterocycles. The summed E-state index contributed by atoms with van der Waals surface area (Å²) in [7, 11) is 2.09. The van der Waals surface area contributed by atoms with E-state index >= 15 is 0 Å². The molecule has 0 spiro atoms. The Morgan fingerprint density at radius 3 is 2.55 bits per heavy atom. The fraction of sp³-hybridized carbons (Fsp3) is 0.562. The van der Waals surface area contributed by atoms with Gasteiger partial charge in [-0.2, -0.15) is 0 Å². The summed E-state index contributed by atoms with van der Waals surface area (Å²) in [5.74, 6) is -0.729. The fourth-order valence-electron chi connectivity index (χ4n) is 3.35. The van der Waals surface area contributed by atoms with Crippen molar-refractivity contribution in [2.75, 3.05) is 33.2 Å². The second kappa shape index (κ2) is 5.54. The summed E-state index contributed by atoms with van der Waals surface area (Å²) in [6.07, 6.45) is 3.44. The van der Waals surface area contributed by atoms with Crippen LogP contribution >= 0.6 is 0 Å². The Morgan fingerprint density at radius 2 is 1.85 bits per heavy atom. The van der Waals surface area contributed by atoms with Crippen LogP contribution in [0.1, 0.15) is 29.2 Å². The third-order valence-electron chi connectivity index (χ3n) is 4.58. The van der Waals surface area contributed by atoms with E-state index < -0.39 is 12.0 Å². The van der Waals surface area contributed by atoms with Crippen LogP contribution in [0.3, 0.4) is 0 Å². The minimum atomic E-state index is -0.729. The van der Waals surface area contributed by atoms with Gasteiger partial charge in [-0.15, -0.1) is 0 Å². The highest BCUT2D eigenvalue weighted by Crippen LogP contribution is 2.28. The summed E-state index contributed by atoms with van der Waals surface area (Å²) in [6.45, 7) is 3.53. The standard InChI is InChI=1S/C16H22N2O2/c1-17-7-9-18(10-8-17)15(16(19)20)14-6-5-12-3-2-4-13(12)11-14/h5-6,11,15H,2-4,7-10H2,1H3,(H,19,20). The number of aliphatic carboxylic acids is 1. The van der Waals surface area contributed by atoms with Crippen LogP contribution in [0.5, 0.6) is 0 Å². The van der Waals surface area contributed by atoms with E-state index in [0.717, 1.165) is 44.6 Å². The number of hydrogen-bond acceptors (Lipinski definition) is 3. The summed E-state index contributed by atoms with van der Waals surface area (Å²) in [4.78, 5) is 16.1. The van der Waals surface area contributed by atoms with Crippen LogP contribution in [0, 0.1) is 0 Å². The van der Waals surface area contributed by atoms with Crippen molar-refractivity contribution < 1.29 is 9.90 Å². The normalized spacial score (nSPS) is 21.6. The first kappa shape index (κ1) is 13.6.